The number of thiophene rings is 1. The summed E-state index contributed by atoms with van der Waals surface area (Å²) in [6, 6.07) is 7.09. The van der Waals surface area contributed by atoms with Gasteiger partial charge in [-0.05, 0) is 31.5 Å². The van der Waals surface area contributed by atoms with E-state index in [0.717, 1.165) is 5.56 Å². The summed E-state index contributed by atoms with van der Waals surface area (Å²) in [7, 11) is 0. The number of fused-ring (bicyclic) bond motifs is 1. The summed E-state index contributed by atoms with van der Waals surface area (Å²) in [5, 5.41) is 1.17. The Kier molecular flexibility index (Phi) is 4.98. The zero-order valence-electron chi connectivity index (χ0n) is 14.6. The van der Waals surface area contributed by atoms with Gasteiger partial charge >= 0.3 is 5.97 Å². The van der Waals surface area contributed by atoms with Crippen molar-refractivity contribution in [1.82, 2.24) is 4.98 Å². The minimum Gasteiger partial charge on any atom is -0.462 e. The molecule has 0 unspecified atom stereocenters. The number of pyridine rings is 1. The summed E-state index contributed by atoms with van der Waals surface area (Å²) in [5.74, 6) is -0.609. The monoisotopic (exact) mass is 388 g/mol. The molecule has 3 rings (SSSR count). The molecule has 26 heavy (non-hydrogen) atoms. The third kappa shape index (κ3) is 3.06. The van der Waals surface area contributed by atoms with Crippen LogP contribution in [0.2, 0.25) is 5.02 Å². The number of carbonyl (C=O) groups is 2. The van der Waals surface area contributed by atoms with Crippen LogP contribution in [0.15, 0.2) is 24.3 Å². The van der Waals surface area contributed by atoms with E-state index in [9.17, 15) is 9.59 Å². The molecule has 0 spiro atoms. The molecule has 0 bridgehead atoms. The molecule has 3 aromatic rings. The van der Waals surface area contributed by atoms with Gasteiger partial charge in [0.2, 0.25) is 0 Å². The Hall–Kier alpha value is -2.44. The van der Waals surface area contributed by atoms with Crippen LogP contribution in [-0.2, 0) is 4.74 Å². The maximum atomic E-state index is 12.6. The highest BCUT2D eigenvalue weighted by Gasteiger charge is 2.26. The number of esters is 1. The van der Waals surface area contributed by atoms with Crippen LogP contribution in [0.1, 0.15) is 39.6 Å². The lowest BCUT2D eigenvalue weighted by Gasteiger charge is -2.14. The highest BCUT2D eigenvalue weighted by Crippen LogP contribution is 2.42. The highest BCUT2D eigenvalue weighted by molar-refractivity contribution is 7.21. The molecule has 0 aliphatic carbocycles. The predicted octanol–water partition coefficient (Wildman–Crippen LogP) is 4.89. The van der Waals surface area contributed by atoms with Gasteiger partial charge in [0.25, 0.3) is 0 Å². The van der Waals surface area contributed by atoms with E-state index >= 15 is 0 Å². The molecule has 0 saturated heterocycles. The molecule has 0 atom stereocenters. The number of carbonyl (C=O) groups excluding carboxylic acids is 2. The van der Waals surface area contributed by atoms with Gasteiger partial charge in [-0.3, -0.25) is 4.79 Å². The third-order valence-corrected chi connectivity index (χ3v) is 5.44. The average molecular weight is 389 g/mol. The lowest BCUT2D eigenvalue weighted by molar-refractivity contribution is 0.0526. The largest absolute Gasteiger partial charge is 0.462 e. The average Bonchev–Trinajstić information content (AvgIpc) is 2.91. The second-order valence-electron chi connectivity index (χ2n) is 5.76. The van der Waals surface area contributed by atoms with Crippen molar-refractivity contribution < 1.29 is 14.3 Å². The van der Waals surface area contributed by atoms with Crippen LogP contribution in [0, 0.1) is 6.92 Å². The summed E-state index contributed by atoms with van der Waals surface area (Å²) >= 11 is 7.23. The number of aryl methyl sites for hydroxylation is 1. The summed E-state index contributed by atoms with van der Waals surface area (Å²) in [4.78, 5) is 30.1. The van der Waals surface area contributed by atoms with E-state index in [-0.39, 0.29) is 12.4 Å². The normalized spacial score (nSPS) is 10.9. The van der Waals surface area contributed by atoms with Crippen LogP contribution >= 0.6 is 22.9 Å². The molecule has 0 saturated carbocycles. The zero-order chi connectivity index (χ0) is 19.0. The Labute approximate surface area is 159 Å². The standard InChI is InChI=1S/C19H17ClN2O3S/c1-4-25-19(24)13-9(2)22-18-15(16(21)17(26-18)10(3)23)14(13)11-5-7-12(20)8-6-11/h5-8H,4,21H2,1-3H3. The van der Waals surface area contributed by atoms with Crippen LogP contribution in [0.5, 0.6) is 0 Å². The number of ketones is 1. The number of anilines is 1. The molecular formula is C19H17ClN2O3S. The van der Waals surface area contributed by atoms with Gasteiger partial charge in [-0.2, -0.15) is 0 Å². The van der Waals surface area contributed by atoms with E-state index in [4.69, 9.17) is 22.1 Å². The van der Waals surface area contributed by atoms with E-state index in [1.165, 1.54) is 18.3 Å². The lowest BCUT2D eigenvalue weighted by Crippen LogP contribution is -2.10. The number of nitrogen functional groups attached to an aromatic ring is 1. The van der Waals surface area contributed by atoms with Gasteiger partial charge in [0.1, 0.15) is 4.83 Å². The number of hydrogen-bond donors (Lipinski definition) is 1. The smallest absolute Gasteiger partial charge is 0.340 e. The van der Waals surface area contributed by atoms with E-state index in [1.807, 2.05) is 12.1 Å². The molecule has 0 aliphatic rings. The molecule has 0 amide bonds. The van der Waals surface area contributed by atoms with Gasteiger partial charge in [0, 0.05) is 22.9 Å². The number of halogens is 1. The van der Waals surface area contributed by atoms with Crippen molar-refractivity contribution in [3.8, 4) is 11.1 Å². The number of aromatic nitrogens is 1. The minimum absolute atomic E-state index is 0.136. The van der Waals surface area contributed by atoms with Crippen LogP contribution < -0.4 is 5.73 Å². The molecule has 2 heterocycles. The van der Waals surface area contributed by atoms with E-state index in [1.54, 1.807) is 26.0 Å². The first-order valence-electron chi connectivity index (χ1n) is 8.01. The summed E-state index contributed by atoms with van der Waals surface area (Å²) in [5.41, 5.74) is 8.85. The maximum Gasteiger partial charge on any atom is 0.340 e. The highest BCUT2D eigenvalue weighted by atomic mass is 35.5. The van der Waals surface area contributed by atoms with E-state index < -0.39 is 5.97 Å². The third-order valence-electron chi connectivity index (χ3n) is 3.99. The minimum atomic E-state index is -0.473. The molecule has 7 heteroatoms. The zero-order valence-corrected chi connectivity index (χ0v) is 16.1. The Bertz CT molecular complexity index is 1030. The first kappa shape index (κ1) is 18.4. The van der Waals surface area contributed by atoms with Gasteiger partial charge in [-0.15, -0.1) is 11.3 Å². The first-order valence-corrected chi connectivity index (χ1v) is 9.21. The topological polar surface area (TPSA) is 82.3 Å². The maximum absolute atomic E-state index is 12.6. The second kappa shape index (κ2) is 7.05. The number of ether oxygens (including phenoxy) is 1. The summed E-state index contributed by atoms with van der Waals surface area (Å²) < 4.78 is 5.23. The van der Waals surface area contributed by atoms with Gasteiger partial charge in [0.05, 0.1) is 28.4 Å². The molecule has 0 radical (unpaired) electrons. The Morgan fingerprint density at radius 1 is 1.27 bits per heavy atom. The van der Waals surface area contributed by atoms with Crippen LogP contribution in [0.4, 0.5) is 5.69 Å². The van der Waals surface area contributed by atoms with Crippen molar-refractivity contribution in [3.63, 3.8) is 0 Å². The first-order chi connectivity index (χ1) is 12.3. The molecule has 2 N–H and O–H groups in total. The Morgan fingerprint density at radius 3 is 2.50 bits per heavy atom. The lowest BCUT2D eigenvalue weighted by atomic mass is 9.95. The van der Waals surface area contributed by atoms with Gasteiger partial charge < -0.3 is 10.5 Å². The number of Topliss-reactive ketones (excluding diaryl/α,β-unsaturated/α-hetero) is 1. The summed E-state index contributed by atoms with van der Waals surface area (Å²) in [6.07, 6.45) is 0. The fourth-order valence-electron chi connectivity index (χ4n) is 2.89. The number of hydrogen-bond acceptors (Lipinski definition) is 6. The fraction of sp³-hybridized carbons (Fsp3) is 0.211. The quantitative estimate of drug-likeness (QED) is 0.508. The fourth-order valence-corrected chi connectivity index (χ4v) is 4.06. The number of benzene rings is 1. The van der Waals surface area contributed by atoms with Crippen molar-refractivity contribution in [2.45, 2.75) is 20.8 Å². The van der Waals surface area contributed by atoms with Crippen molar-refractivity contribution in [2.75, 3.05) is 12.3 Å². The Morgan fingerprint density at radius 2 is 1.92 bits per heavy atom. The molecule has 1 aromatic carbocycles. The second-order valence-corrected chi connectivity index (χ2v) is 7.19. The molecule has 5 nitrogen and oxygen atoms in total. The van der Waals surface area contributed by atoms with Crippen LogP contribution in [-0.4, -0.2) is 23.3 Å². The molecule has 134 valence electrons. The van der Waals surface area contributed by atoms with Crippen LogP contribution in [0.3, 0.4) is 0 Å². The van der Waals surface area contributed by atoms with Crippen molar-refractivity contribution in [1.29, 1.82) is 0 Å². The van der Waals surface area contributed by atoms with Crippen molar-refractivity contribution >= 4 is 50.6 Å². The molecule has 0 fully saturated rings. The SMILES string of the molecule is CCOC(=O)c1c(C)nc2sc(C(C)=O)c(N)c2c1-c1ccc(Cl)cc1. The van der Waals surface area contributed by atoms with E-state index in [0.29, 0.717) is 42.6 Å². The molecule has 0 aliphatic heterocycles. The number of rotatable bonds is 4. The van der Waals surface area contributed by atoms with E-state index in [2.05, 4.69) is 4.98 Å². The summed E-state index contributed by atoms with van der Waals surface area (Å²) in [6.45, 7) is 5.19. The van der Waals surface area contributed by atoms with Crippen molar-refractivity contribution in [3.05, 3.63) is 45.4 Å². The predicted molar refractivity (Wildman–Crippen MR) is 105 cm³/mol. The van der Waals surface area contributed by atoms with Gasteiger partial charge in [-0.1, -0.05) is 23.7 Å². The number of nitrogens with two attached hydrogens (primary N) is 1. The Balaban J connectivity index is 2.45. The molecule has 2 aromatic heterocycles. The van der Waals surface area contributed by atoms with Crippen molar-refractivity contribution in [2.24, 2.45) is 0 Å². The van der Waals surface area contributed by atoms with Gasteiger partial charge in [0.15, 0.2) is 5.78 Å². The van der Waals surface area contributed by atoms with Crippen LogP contribution in [0.25, 0.3) is 21.3 Å². The van der Waals surface area contributed by atoms with Gasteiger partial charge in [-0.25, -0.2) is 9.78 Å². The number of nitrogens with zero attached hydrogens (tertiary/aromatic N) is 1. The molecular weight excluding hydrogens is 372 g/mol.